The summed E-state index contributed by atoms with van der Waals surface area (Å²) in [6, 6.07) is 12.7. The fourth-order valence-electron chi connectivity index (χ4n) is 1.99. The van der Waals surface area contributed by atoms with E-state index in [1.54, 1.807) is 47.9 Å². The van der Waals surface area contributed by atoms with Crippen molar-refractivity contribution in [1.29, 1.82) is 5.41 Å². The van der Waals surface area contributed by atoms with Crippen molar-refractivity contribution < 1.29 is 4.79 Å². The Balaban J connectivity index is 1.80. The van der Waals surface area contributed by atoms with Crippen LogP contribution < -0.4 is 0 Å². The summed E-state index contributed by atoms with van der Waals surface area (Å²) >= 11 is 1.65. The Kier molecular flexibility index (Phi) is 4.07. The third-order valence-electron chi connectivity index (χ3n) is 3.08. The molecule has 0 amide bonds. The Morgan fingerprint density at radius 3 is 2.86 bits per heavy atom. The van der Waals surface area contributed by atoms with Gasteiger partial charge in [-0.2, -0.15) is 5.10 Å². The van der Waals surface area contributed by atoms with E-state index in [0.717, 1.165) is 10.6 Å². The zero-order valence-corrected chi connectivity index (χ0v) is 12.5. The molecule has 3 rings (SSSR count). The van der Waals surface area contributed by atoms with Crippen LogP contribution in [0.2, 0.25) is 0 Å². The average molecular weight is 307 g/mol. The molecule has 0 aliphatic carbocycles. The first kappa shape index (κ1) is 14.2. The monoisotopic (exact) mass is 307 g/mol. The zero-order valence-electron chi connectivity index (χ0n) is 11.6. The van der Waals surface area contributed by atoms with E-state index in [2.05, 4.69) is 5.10 Å². The Morgan fingerprint density at radius 1 is 1.18 bits per heavy atom. The van der Waals surface area contributed by atoms with Crippen molar-refractivity contribution in [3.05, 3.63) is 75.7 Å². The minimum Gasteiger partial charge on any atom is -0.308 e. The Morgan fingerprint density at radius 2 is 2.09 bits per heavy atom. The minimum absolute atomic E-state index is 0.209. The van der Waals surface area contributed by atoms with Crippen molar-refractivity contribution in [3.8, 4) is 0 Å². The number of carbonyl (C=O) groups excluding carboxylic acids is 1. The highest BCUT2D eigenvalue weighted by atomic mass is 32.1. The van der Waals surface area contributed by atoms with E-state index < -0.39 is 0 Å². The van der Waals surface area contributed by atoms with E-state index in [0.29, 0.717) is 11.1 Å². The van der Waals surface area contributed by atoms with Crippen LogP contribution in [0.5, 0.6) is 0 Å². The van der Waals surface area contributed by atoms with Gasteiger partial charge in [-0.25, -0.2) is 4.68 Å². The molecule has 0 fully saturated rings. The van der Waals surface area contributed by atoms with Crippen LogP contribution in [0.1, 0.15) is 26.5 Å². The van der Waals surface area contributed by atoms with Gasteiger partial charge in [-0.15, -0.1) is 11.3 Å². The summed E-state index contributed by atoms with van der Waals surface area (Å²) in [5.74, 6) is -0.209. The summed E-state index contributed by atoms with van der Waals surface area (Å²) in [6.07, 6.45) is 6.71. The molecule has 0 unspecified atom stereocenters. The summed E-state index contributed by atoms with van der Waals surface area (Å²) in [7, 11) is 0. The lowest BCUT2D eigenvalue weighted by Crippen LogP contribution is -2.12. The lowest BCUT2D eigenvalue weighted by atomic mass is 10.1. The Labute approximate surface area is 131 Å². The Bertz CT molecular complexity index is 831. The predicted octanol–water partition coefficient (Wildman–Crippen LogP) is 3.80. The number of aromatic nitrogens is 2. The molecule has 0 spiro atoms. The van der Waals surface area contributed by atoms with Crippen molar-refractivity contribution in [3.63, 3.8) is 0 Å². The van der Waals surface area contributed by atoms with Gasteiger partial charge in [0.1, 0.15) is 0 Å². The van der Waals surface area contributed by atoms with Crippen LogP contribution in [-0.4, -0.2) is 21.9 Å². The van der Waals surface area contributed by atoms with Crippen molar-refractivity contribution in [2.24, 2.45) is 0 Å². The highest BCUT2D eigenvalue weighted by Gasteiger charge is 2.09. The predicted molar refractivity (Wildman–Crippen MR) is 89.5 cm³/mol. The molecule has 22 heavy (non-hydrogen) atoms. The van der Waals surface area contributed by atoms with Crippen LogP contribution in [-0.2, 0) is 0 Å². The van der Waals surface area contributed by atoms with Crippen LogP contribution in [0, 0.1) is 5.41 Å². The highest BCUT2D eigenvalue weighted by molar-refractivity contribution is 7.10. The maximum Gasteiger partial charge on any atom is 0.278 e. The molecule has 1 N–H and O–H groups in total. The first-order chi connectivity index (χ1) is 10.8. The summed E-state index contributed by atoms with van der Waals surface area (Å²) in [5.41, 5.74) is 1.93. The van der Waals surface area contributed by atoms with Gasteiger partial charge >= 0.3 is 0 Å². The molecule has 0 saturated carbocycles. The number of benzene rings is 1. The summed E-state index contributed by atoms with van der Waals surface area (Å²) in [6.45, 7) is 0. The van der Waals surface area contributed by atoms with E-state index in [1.807, 2.05) is 29.7 Å². The van der Waals surface area contributed by atoms with Gasteiger partial charge in [-0.1, -0.05) is 18.2 Å². The van der Waals surface area contributed by atoms with Gasteiger partial charge in [0.25, 0.3) is 5.91 Å². The molecule has 0 atom stereocenters. The molecule has 3 aromatic rings. The minimum atomic E-state index is -0.209. The van der Waals surface area contributed by atoms with Crippen LogP contribution in [0.3, 0.4) is 0 Å². The van der Waals surface area contributed by atoms with E-state index in [4.69, 9.17) is 5.41 Å². The fraction of sp³-hybridized carbons (Fsp3) is 0. The van der Waals surface area contributed by atoms with Crippen LogP contribution in [0.25, 0.3) is 12.2 Å². The van der Waals surface area contributed by atoms with Gasteiger partial charge in [0.05, 0.1) is 5.69 Å². The normalized spacial score (nSPS) is 10.9. The van der Waals surface area contributed by atoms with Gasteiger partial charge in [-0.3, -0.25) is 4.79 Å². The third-order valence-corrected chi connectivity index (χ3v) is 3.92. The summed E-state index contributed by atoms with van der Waals surface area (Å²) < 4.78 is 1.32. The largest absolute Gasteiger partial charge is 0.308 e. The fourth-order valence-corrected chi connectivity index (χ4v) is 2.61. The van der Waals surface area contributed by atoms with E-state index in [9.17, 15) is 4.79 Å². The summed E-state index contributed by atoms with van der Waals surface area (Å²) in [4.78, 5) is 13.5. The number of hydrogen-bond acceptors (Lipinski definition) is 4. The van der Waals surface area contributed by atoms with Crippen molar-refractivity contribution >= 4 is 35.6 Å². The Hall–Kier alpha value is -2.79. The molecular formula is C17H13N3OS. The van der Waals surface area contributed by atoms with Crippen molar-refractivity contribution in [2.45, 2.75) is 0 Å². The topological polar surface area (TPSA) is 58.7 Å². The second-order valence-corrected chi connectivity index (χ2v) is 5.59. The van der Waals surface area contributed by atoms with Gasteiger partial charge < -0.3 is 5.41 Å². The molecule has 108 valence electrons. The number of nitrogens with one attached hydrogen (secondary N) is 1. The van der Waals surface area contributed by atoms with E-state index >= 15 is 0 Å². The molecule has 0 saturated heterocycles. The van der Waals surface area contributed by atoms with Crippen LogP contribution in [0.4, 0.5) is 0 Å². The van der Waals surface area contributed by atoms with Crippen molar-refractivity contribution in [1.82, 2.24) is 9.78 Å². The number of hydrogen-bond donors (Lipinski definition) is 1. The average Bonchev–Trinajstić information content (AvgIpc) is 3.23. The quantitative estimate of drug-likeness (QED) is 0.745. The van der Waals surface area contributed by atoms with E-state index in [-0.39, 0.29) is 5.91 Å². The second kappa shape index (κ2) is 6.32. The lowest BCUT2D eigenvalue weighted by Gasteiger charge is -2.01. The lowest BCUT2D eigenvalue weighted by molar-refractivity contribution is 0.0945. The number of rotatable bonds is 4. The first-order valence-corrected chi connectivity index (χ1v) is 7.57. The molecule has 0 bridgehead atoms. The maximum absolute atomic E-state index is 12.4. The zero-order chi connectivity index (χ0) is 15.4. The van der Waals surface area contributed by atoms with Crippen LogP contribution in [0.15, 0.2) is 54.0 Å². The molecule has 0 aliphatic rings. The standard InChI is InChI=1S/C17H13N3OS/c18-12-13-3-1-4-14(11-13)17(21)20-9-8-15(19-20)6-7-16-5-2-10-22-16/h1-12,18H/b7-6+,18-12?. The van der Waals surface area contributed by atoms with Gasteiger partial charge in [0.2, 0.25) is 0 Å². The van der Waals surface area contributed by atoms with Crippen LogP contribution >= 0.6 is 11.3 Å². The van der Waals surface area contributed by atoms with E-state index in [1.165, 1.54) is 10.9 Å². The van der Waals surface area contributed by atoms with Gasteiger partial charge in [-0.05, 0) is 47.4 Å². The van der Waals surface area contributed by atoms with Gasteiger partial charge in [0.15, 0.2) is 0 Å². The molecule has 1 aromatic carbocycles. The van der Waals surface area contributed by atoms with Gasteiger partial charge in [0, 0.05) is 22.9 Å². The van der Waals surface area contributed by atoms with Crippen molar-refractivity contribution in [2.75, 3.05) is 0 Å². The smallest absolute Gasteiger partial charge is 0.278 e. The SMILES string of the molecule is N=Cc1cccc(C(=O)n2ccc(/C=C/c3cccs3)n2)c1. The molecule has 2 aromatic heterocycles. The molecule has 2 heterocycles. The third kappa shape index (κ3) is 3.10. The first-order valence-electron chi connectivity index (χ1n) is 6.69. The maximum atomic E-state index is 12.4. The number of carbonyl (C=O) groups is 1. The molecular weight excluding hydrogens is 294 g/mol. The second-order valence-electron chi connectivity index (χ2n) is 4.61. The molecule has 0 aliphatic heterocycles. The number of thiophene rings is 1. The number of nitrogens with zero attached hydrogens (tertiary/aromatic N) is 2. The molecule has 4 nitrogen and oxygen atoms in total. The molecule has 0 radical (unpaired) electrons. The highest BCUT2D eigenvalue weighted by Crippen LogP contribution is 2.13. The summed E-state index contributed by atoms with van der Waals surface area (Å²) in [5, 5.41) is 13.5. The molecule has 5 heteroatoms.